The van der Waals surface area contributed by atoms with Crippen molar-refractivity contribution >= 4 is 10.8 Å². The molecule has 0 amide bonds. The number of hydrogen-bond acceptors (Lipinski definition) is 2. The van der Waals surface area contributed by atoms with E-state index in [4.69, 9.17) is 0 Å². The molecule has 0 saturated heterocycles. The summed E-state index contributed by atoms with van der Waals surface area (Å²) in [6.45, 7) is 4.65. The van der Waals surface area contributed by atoms with Gasteiger partial charge in [0.2, 0.25) is 0 Å². The summed E-state index contributed by atoms with van der Waals surface area (Å²) in [6.07, 6.45) is 8.62. The highest BCUT2D eigenvalue weighted by molar-refractivity contribution is 7.86. The largest absolute Gasteiger partial charge is 0.315 e. The average molecular weight is 257 g/mol. The highest BCUT2D eigenvalue weighted by atomic mass is 32.2. The molecule has 2 rings (SSSR count). The molecule has 2 aliphatic carbocycles. The Kier molecular flexibility index (Phi) is 4.30. The zero-order valence-electron chi connectivity index (χ0n) is 11.5. The number of nitrogens with one attached hydrogen (secondary N) is 1. The third-order valence-electron chi connectivity index (χ3n) is 4.76. The summed E-state index contributed by atoms with van der Waals surface area (Å²) in [5, 5.41) is 4.33. The Morgan fingerprint density at radius 1 is 1.12 bits per heavy atom. The van der Waals surface area contributed by atoms with Crippen LogP contribution in [0.25, 0.3) is 0 Å². The van der Waals surface area contributed by atoms with Crippen molar-refractivity contribution in [3.05, 3.63) is 0 Å². The molecule has 2 saturated carbocycles. The van der Waals surface area contributed by atoms with Crippen molar-refractivity contribution in [1.82, 2.24) is 5.32 Å². The molecule has 2 nitrogen and oxygen atoms in total. The van der Waals surface area contributed by atoms with Crippen LogP contribution in [0.3, 0.4) is 0 Å². The summed E-state index contributed by atoms with van der Waals surface area (Å²) in [7, 11) is 1.42. The first-order chi connectivity index (χ1) is 8.06. The fraction of sp³-hybridized carbons (Fsp3) is 1.00. The Balaban J connectivity index is 2.09. The second-order valence-electron chi connectivity index (χ2n) is 6.42. The smallest absolute Gasteiger partial charge is 0.0509 e. The fourth-order valence-electron chi connectivity index (χ4n) is 3.78. The van der Waals surface area contributed by atoms with E-state index in [1.807, 2.05) is 7.05 Å². The van der Waals surface area contributed by atoms with Crippen LogP contribution < -0.4 is 5.32 Å². The molecule has 0 bridgehead atoms. The monoisotopic (exact) mass is 257 g/mol. The van der Waals surface area contributed by atoms with E-state index < -0.39 is 10.8 Å². The van der Waals surface area contributed by atoms with Crippen LogP contribution in [0.4, 0.5) is 0 Å². The Morgan fingerprint density at radius 3 is 2.35 bits per heavy atom. The van der Waals surface area contributed by atoms with E-state index >= 15 is 0 Å². The second kappa shape index (κ2) is 5.40. The molecule has 0 aromatic rings. The van der Waals surface area contributed by atoms with E-state index in [-0.39, 0.29) is 0 Å². The van der Waals surface area contributed by atoms with Crippen LogP contribution in [0.15, 0.2) is 0 Å². The van der Waals surface area contributed by atoms with E-state index in [9.17, 15) is 4.21 Å². The average Bonchev–Trinajstić information content (AvgIpc) is 2.80. The minimum absolute atomic E-state index is 0.298. The maximum Gasteiger partial charge on any atom is 0.0509 e. The number of rotatable bonds is 3. The van der Waals surface area contributed by atoms with Gasteiger partial charge in [-0.3, -0.25) is 4.21 Å². The van der Waals surface area contributed by atoms with Crippen molar-refractivity contribution in [2.45, 2.75) is 75.3 Å². The first-order valence-electron chi connectivity index (χ1n) is 7.13. The predicted molar refractivity (Wildman–Crippen MR) is 74.7 cm³/mol. The molecule has 1 N–H and O–H groups in total. The molecule has 17 heavy (non-hydrogen) atoms. The SMILES string of the molecule is CNC1C(S(=O)C2CCCC2)CCCC1(C)C. The molecule has 0 spiro atoms. The minimum Gasteiger partial charge on any atom is -0.315 e. The van der Waals surface area contributed by atoms with Crippen molar-refractivity contribution in [3.63, 3.8) is 0 Å². The molecule has 3 heteroatoms. The first kappa shape index (κ1) is 13.5. The van der Waals surface area contributed by atoms with Gasteiger partial charge in [0.05, 0.1) is 5.25 Å². The lowest BCUT2D eigenvalue weighted by Gasteiger charge is -2.44. The Labute approximate surface area is 108 Å². The van der Waals surface area contributed by atoms with Crippen LogP contribution in [0.5, 0.6) is 0 Å². The van der Waals surface area contributed by atoms with Crippen LogP contribution in [0, 0.1) is 5.41 Å². The predicted octanol–water partition coefficient (Wildman–Crippen LogP) is 2.84. The van der Waals surface area contributed by atoms with Crippen molar-refractivity contribution in [1.29, 1.82) is 0 Å². The Hall–Kier alpha value is 0.110. The molecule has 2 aliphatic rings. The van der Waals surface area contributed by atoms with Gasteiger partial charge in [-0.05, 0) is 38.1 Å². The van der Waals surface area contributed by atoms with Crippen LogP contribution in [-0.4, -0.2) is 27.8 Å². The van der Waals surface area contributed by atoms with Gasteiger partial charge in [0.15, 0.2) is 0 Å². The van der Waals surface area contributed by atoms with Gasteiger partial charge in [-0.15, -0.1) is 0 Å². The quantitative estimate of drug-likeness (QED) is 0.842. The Bertz CT molecular complexity index is 284. The van der Waals surface area contributed by atoms with Crippen LogP contribution in [0.2, 0.25) is 0 Å². The van der Waals surface area contributed by atoms with E-state index in [1.54, 1.807) is 0 Å². The molecule has 0 heterocycles. The van der Waals surface area contributed by atoms with Crippen LogP contribution >= 0.6 is 0 Å². The van der Waals surface area contributed by atoms with Gasteiger partial charge >= 0.3 is 0 Å². The molecule has 3 atom stereocenters. The summed E-state index contributed by atoms with van der Waals surface area (Å²) < 4.78 is 12.7. The Morgan fingerprint density at radius 2 is 1.76 bits per heavy atom. The summed E-state index contributed by atoms with van der Waals surface area (Å²) in [6, 6.07) is 0.428. The highest BCUT2D eigenvalue weighted by Crippen LogP contribution is 2.39. The lowest BCUT2D eigenvalue weighted by atomic mass is 9.73. The maximum atomic E-state index is 12.7. The van der Waals surface area contributed by atoms with Gasteiger partial charge < -0.3 is 5.32 Å². The normalized spacial score (nSPS) is 35.9. The van der Waals surface area contributed by atoms with Gasteiger partial charge in [-0.2, -0.15) is 0 Å². The third kappa shape index (κ3) is 2.76. The molecule has 0 aromatic carbocycles. The summed E-state index contributed by atoms with van der Waals surface area (Å²) >= 11 is 0. The maximum absolute atomic E-state index is 12.7. The molecular formula is C14H27NOS. The topological polar surface area (TPSA) is 29.1 Å². The van der Waals surface area contributed by atoms with Crippen LogP contribution in [-0.2, 0) is 10.8 Å². The summed E-state index contributed by atoms with van der Waals surface area (Å²) in [5.41, 5.74) is 0.298. The lowest BCUT2D eigenvalue weighted by molar-refractivity contribution is 0.180. The van der Waals surface area contributed by atoms with Crippen molar-refractivity contribution in [2.75, 3.05) is 7.05 Å². The lowest BCUT2D eigenvalue weighted by Crippen LogP contribution is -2.53. The molecule has 3 unspecified atom stereocenters. The van der Waals surface area contributed by atoms with Crippen LogP contribution in [0.1, 0.15) is 58.8 Å². The van der Waals surface area contributed by atoms with Gasteiger partial charge in [-0.25, -0.2) is 0 Å². The second-order valence-corrected chi connectivity index (χ2v) is 8.35. The van der Waals surface area contributed by atoms with E-state index in [0.29, 0.717) is 22.0 Å². The molecule has 2 fully saturated rings. The van der Waals surface area contributed by atoms with Gasteiger partial charge in [-0.1, -0.05) is 33.1 Å². The van der Waals surface area contributed by atoms with Crippen molar-refractivity contribution < 1.29 is 4.21 Å². The first-order valence-corrected chi connectivity index (χ1v) is 8.40. The van der Waals surface area contributed by atoms with E-state index in [1.165, 1.54) is 38.5 Å². The summed E-state index contributed by atoms with van der Waals surface area (Å²) in [5.74, 6) is 0. The van der Waals surface area contributed by atoms with E-state index in [2.05, 4.69) is 19.2 Å². The van der Waals surface area contributed by atoms with Gasteiger partial charge in [0, 0.05) is 22.1 Å². The zero-order chi connectivity index (χ0) is 12.5. The molecule has 0 aromatic heterocycles. The zero-order valence-corrected chi connectivity index (χ0v) is 12.3. The highest BCUT2D eigenvalue weighted by Gasteiger charge is 2.42. The van der Waals surface area contributed by atoms with Crippen molar-refractivity contribution in [2.24, 2.45) is 5.41 Å². The standard InChI is InChI=1S/C14H27NOS/c1-14(2)10-6-9-12(13(14)15-3)17(16)11-7-4-5-8-11/h11-13,15H,4-10H2,1-3H3. The van der Waals surface area contributed by atoms with E-state index in [0.717, 1.165) is 6.42 Å². The molecular weight excluding hydrogens is 230 g/mol. The van der Waals surface area contributed by atoms with Crippen molar-refractivity contribution in [3.8, 4) is 0 Å². The third-order valence-corrected chi connectivity index (χ3v) is 7.00. The molecule has 0 aliphatic heterocycles. The van der Waals surface area contributed by atoms with Gasteiger partial charge in [0.1, 0.15) is 0 Å². The van der Waals surface area contributed by atoms with Gasteiger partial charge in [0.25, 0.3) is 0 Å². The summed E-state index contributed by atoms with van der Waals surface area (Å²) in [4.78, 5) is 0. The number of hydrogen-bond donors (Lipinski definition) is 1. The minimum atomic E-state index is -0.621. The molecule has 100 valence electrons. The molecule has 0 radical (unpaired) electrons. The fourth-order valence-corrected chi connectivity index (χ4v) is 6.24.